The summed E-state index contributed by atoms with van der Waals surface area (Å²) in [5, 5.41) is 3.17. The molecule has 0 saturated heterocycles. The molecule has 2 aromatic heterocycles. The molecule has 0 bridgehead atoms. The van der Waals surface area contributed by atoms with Crippen LogP contribution in [0.5, 0.6) is 0 Å². The van der Waals surface area contributed by atoms with Crippen LogP contribution in [-0.2, 0) is 24.5 Å². The van der Waals surface area contributed by atoms with E-state index in [-0.39, 0.29) is 0 Å². The zero-order valence-electron chi connectivity index (χ0n) is 14.6. The van der Waals surface area contributed by atoms with Crippen molar-refractivity contribution < 1.29 is 4.74 Å². The van der Waals surface area contributed by atoms with E-state index in [1.54, 1.807) is 11.3 Å². The molecular weight excluding hydrogens is 320 g/mol. The molecule has 1 aliphatic carbocycles. The van der Waals surface area contributed by atoms with Gasteiger partial charge >= 0.3 is 0 Å². The third-order valence-corrected chi connectivity index (χ3v) is 6.20. The van der Waals surface area contributed by atoms with Gasteiger partial charge in [0.1, 0.15) is 5.82 Å². The van der Waals surface area contributed by atoms with Crippen molar-refractivity contribution in [2.24, 2.45) is 0 Å². The van der Waals surface area contributed by atoms with E-state index >= 15 is 0 Å². The molecule has 1 aliphatic heterocycles. The number of nitrogens with zero attached hydrogens (tertiary/aromatic N) is 4. The monoisotopic (exact) mass is 346 g/mol. The van der Waals surface area contributed by atoms with Crippen LogP contribution in [0.25, 0.3) is 0 Å². The van der Waals surface area contributed by atoms with Crippen molar-refractivity contribution in [2.75, 3.05) is 6.54 Å². The molecule has 1 unspecified atom stereocenters. The lowest BCUT2D eigenvalue weighted by molar-refractivity contribution is 0.0880. The fraction of sp³-hybridized carbons (Fsp3) is 0.667. The second-order valence-corrected chi connectivity index (χ2v) is 8.02. The topological polar surface area (TPSA) is 43.2 Å². The standard InChI is InChI=1S/C18H26N4OS/c1-13-18-19-9-17(11-23-10-15-12-24-14(2)20-15)22(18)8-7-21(13)16-5-3-4-6-16/h9,12-13,16H,3-8,10-11H2,1-2H3. The number of rotatable bonds is 5. The van der Waals surface area contributed by atoms with Gasteiger partial charge in [-0.15, -0.1) is 11.3 Å². The Balaban J connectivity index is 1.39. The fourth-order valence-corrected chi connectivity index (χ4v) is 4.76. The average molecular weight is 347 g/mol. The van der Waals surface area contributed by atoms with Crippen LogP contribution in [0.4, 0.5) is 0 Å². The van der Waals surface area contributed by atoms with Crippen molar-refractivity contribution in [3.63, 3.8) is 0 Å². The van der Waals surface area contributed by atoms with Crippen molar-refractivity contribution in [1.29, 1.82) is 0 Å². The maximum Gasteiger partial charge on any atom is 0.126 e. The molecular formula is C18H26N4OS. The summed E-state index contributed by atoms with van der Waals surface area (Å²) in [5.74, 6) is 1.20. The Kier molecular flexibility index (Phi) is 4.70. The number of imidazole rings is 1. The minimum absolute atomic E-state index is 0.414. The first-order chi connectivity index (χ1) is 11.7. The van der Waals surface area contributed by atoms with E-state index in [0.29, 0.717) is 19.3 Å². The predicted molar refractivity (Wildman–Crippen MR) is 94.9 cm³/mol. The lowest BCUT2D eigenvalue weighted by Crippen LogP contribution is -2.43. The van der Waals surface area contributed by atoms with Gasteiger partial charge in [0.05, 0.1) is 41.8 Å². The molecule has 1 atom stereocenters. The Morgan fingerprint density at radius 2 is 2.08 bits per heavy atom. The summed E-state index contributed by atoms with van der Waals surface area (Å²) in [6, 6.07) is 1.18. The highest BCUT2D eigenvalue weighted by atomic mass is 32.1. The van der Waals surface area contributed by atoms with Gasteiger partial charge in [-0.2, -0.15) is 0 Å². The summed E-state index contributed by atoms with van der Waals surface area (Å²) in [4.78, 5) is 11.8. The molecule has 1 saturated carbocycles. The molecule has 5 nitrogen and oxygen atoms in total. The van der Waals surface area contributed by atoms with E-state index in [1.165, 1.54) is 37.2 Å². The molecule has 0 N–H and O–H groups in total. The minimum atomic E-state index is 0.414. The van der Waals surface area contributed by atoms with Crippen LogP contribution in [0.1, 0.15) is 60.9 Å². The van der Waals surface area contributed by atoms with Crippen LogP contribution in [0.2, 0.25) is 0 Å². The summed E-state index contributed by atoms with van der Waals surface area (Å²) >= 11 is 1.67. The van der Waals surface area contributed by atoms with Crippen LogP contribution in [0.15, 0.2) is 11.6 Å². The minimum Gasteiger partial charge on any atom is -0.369 e. The molecule has 0 aromatic carbocycles. The zero-order valence-corrected chi connectivity index (χ0v) is 15.4. The number of fused-ring (bicyclic) bond motifs is 1. The summed E-state index contributed by atoms with van der Waals surface area (Å²) in [7, 11) is 0. The third kappa shape index (κ3) is 3.15. The van der Waals surface area contributed by atoms with Crippen LogP contribution < -0.4 is 0 Å². The Hall–Kier alpha value is -1.24. The van der Waals surface area contributed by atoms with Gasteiger partial charge in [0.25, 0.3) is 0 Å². The summed E-state index contributed by atoms with van der Waals surface area (Å²) in [6.07, 6.45) is 7.48. The van der Waals surface area contributed by atoms with Gasteiger partial charge in [0.15, 0.2) is 0 Å². The van der Waals surface area contributed by atoms with Crippen LogP contribution in [-0.4, -0.2) is 32.0 Å². The largest absolute Gasteiger partial charge is 0.369 e. The van der Waals surface area contributed by atoms with E-state index in [9.17, 15) is 0 Å². The summed E-state index contributed by atoms with van der Waals surface area (Å²) in [5.41, 5.74) is 2.21. The predicted octanol–water partition coefficient (Wildman–Crippen LogP) is 3.68. The molecule has 0 amide bonds. The number of ether oxygens (including phenoxy) is 1. The first-order valence-corrected chi connectivity index (χ1v) is 9.89. The van der Waals surface area contributed by atoms with Crippen LogP contribution >= 0.6 is 11.3 Å². The first-order valence-electron chi connectivity index (χ1n) is 9.01. The number of aryl methyl sites for hydroxylation is 1. The highest BCUT2D eigenvalue weighted by Gasteiger charge is 2.32. The lowest BCUT2D eigenvalue weighted by atomic mass is 10.1. The second-order valence-electron chi connectivity index (χ2n) is 6.96. The van der Waals surface area contributed by atoms with Gasteiger partial charge < -0.3 is 9.30 Å². The maximum absolute atomic E-state index is 5.88. The lowest BCUT2D eigenvalue weighted by Gasteiger charge is -2.38. The smallest absolute Gasteiger partial charge is 0.126 e. The van der Waals surface area contributed by atoms with Crippen LogP contribution in [0, 0.1) is 6.92 Å². The number of hydrogen-bond donors (Lipinski definition) is 0. The molecule has 2 aliphatic rings. The maximum atomic E-state index is 5.88. The van der Waals surface area contributed by atoms with Gasteiger partial charge in [0, 0.05) is 24.5 Å². The van der Waals surface area contributed by atoms with E-state index in [2.05, 4.69) is 26.8 Å². The quantitative estimate of drug-likeness (QED) is 0.828. The Morgan fingerprint density at radius 1 is 1.25 bits per heavy atom. The highest BCUT2D eigenvalue weighted by Crippen LogP contribution is 2.33. The van der Waals surface area contributed by atoms with Crippen molar-refractivity contribution in [2.45, 2.75) is 71.4 Å². The number of hydrogen-bond acceptors (Lipinski definition) is 5. The molecule has 0 radical (unpaired) electrons. The fourth-order valence-electron chi connectivity index (χ4n) is 4.16. The summed E-state index contributed by atoms with van der Waals surface area (Å²) in [6.45, 7) is 7.69. The van der Waals surface area contributed by atoms with Crippen molar-refractivity contribution in [3.8, 4) is 0 Å². The zero-order chi connectivity index (χ0) is 16.5. The highest BCUT2D eigenvalue weighted by molar-refractivity contribution is 7.09. The molecule has 2 aromatic rings. The SMILES string of the molecule is Cc1nc(COCc2cnc3n2CCN(C2CCCC2)C3C)cs1. The number of aromatic nitrogens is 3. The second kappa shape index (κ2) is 6.94. The van der Waals surface area contributed by atoms with Gasteiger partial charge in [0.2, 0.25) is 0 Å². The molecule has 3 heterocycles. The van der Waals surface area contributed by atoms with E-state index in [4.69, 9.17) is 9.72 Å². The van der Waals surface area contributed by atoms with Gasteiger partial charge in [-0.1, -0.05) is 12.8 Å². The van der Waals surface area contributed by atoms with E-state index in [0.717, 1.165) is 29.8 Å². The van der Waals surface area contributed by atoms with Crippen molar-refractivity contribution >= 4 is 11.3 Å². The number of thiazole rings is 1. The van der Waals surface area contributed by atoms with Gasteiger partial charge in [-0.3, -0.25) is 4.90 Å². The van der Waals surface area contributed by atoms with Crippen molar-refractivity contribution in [3.05, 3.63) is 33.8 Å². The van der Waals surface area contributed by atoms with Gasteiger partial charge in [-0.05, 0) is 26.7 Å². The molecule has 0 spiro atoms. The van der Waals surface area contributed by atoms with Crippen LogP contribution in [0.3, 0.4) is 0 Å². The van der Waals surface area contributed by atoms with Gasteiger partial charge in [-0.25, -0.2) is 9.97 Å². The Labute approximate surface area is 147 Å². The molecule has 130 valence electrons. The normalized spacial score (nSPS) is 22.2. The summed E-state index contributed by atoms with van der Waals surface area (Å²) < 4.78 is 8.24. The third-order valence-electron chi connectivity index (χ3n) is 5.38. The van der Waals surface area contributed by atoms with E-state index in [1.807, 2.05) is 13.1 Å². The van der Waals surface area contributed by atoms with E-state index < -0.39 is 0 Å². The Morgan fingerprint density at radius 3 is 2.83 bits per heavy atom. The molecule has 4 rings (SSSR count). The first kappa shape index (κ1) is 16.2. The molecule has 6 heteroatoms. The molecule has 1 fully saturated rings. The Bertz CT molecular complexity index is 689. The average Bonchev–Trinajstić information content (AvgIpc) is 3.30. The molecule has 24 heavy (non-hydrogen) atoms. The van der Waals surface area contributed by atoms with Crippen molar-refractivity contribution in [1.82, 2.24) is 19.4 Å².